The highest BCUT2D eigenvalue weighted by molar-refractivity contribution is 7.33. The minimum absolute atomic E-state index is 0.00491. The molecule has 0 atom stereocenters. The van der Waals surface area contributed by atoms with Gasteiger partial charge in [0.2, 0.25) is 0 Å². The zero-order valence-corrected chi connectivity index (χ0v) is 41.5. The molecule has 3 heterocycles. The molecule has 0 amide bonds. The van der Waals surface area contributed by atoms with E-state index in [1.165, 1.54) is 136 Å². The summed E-state index contributed by atoms with van der Waals surface area (Å²) in [5.74, 6) is 0. The molecule has 1 aromatic heterocycles. The van der Waals surface area contributed by atoms with Gasteiger partial charge in [0.05, 0.1) is 5.69 Å². The van der Waals surface area contributed by atoms with Crippen LogP contribution in [0.1, 0.15) is 65.5 Å². The van der Waals surface area contributed by atoms with Gasteiger partial charge in [-0.1, -0.05) is 175 Å². The largest absolute Gasteiger partial charge is 0.311 e. The first-order chi connectivity index (χ1) is 34.1. The Hall–Kier alpha value is -7.40. The van der Waals surface area contributed by atoms with E-state index in [0.29, 0.717) is 0 Å². The molecule has 2 aliphatic rings. The van der Waals surface area contributed by atoms with Crippen LogP contribution in [-0.2, 0) is 10.8 Å². The van der Waals surface area contributed by atoms with Crippen molar-refractivity contribution in [3.05, 3.63) is 199 Å². The number of thiophene rings is 1. The van der Waals surface area contributed by atoms with Gasteiger partial charge in [-0.25, -0.2) is 0 Å². The second kappa shape index (κ2) is 15.1. The average molecular weight is 917 g/mol. The first-order valence-electron chi connectivity index (χ1n) is 25.2. The van der Waals surface area contributed by atoms with Crippen molar-refractivity contribution >= 4 is 143 Å². The van der Waals surface area contributed by atoms with Crippen LogP contribution in [0.5, 0.6) is 0 Å². The monoisotopic (exact) mass is 916 g/mol. The minimum Gasteiger partial charge on any atom is -0.311 e. The standard InChI is InChI=1S/C66H53BN2S/c1-7-65(3,4)40-29-35-61-56(36-40)63-64(70-61)67-57-37-41(66(5,6)8-2)28-34-58(57)68(42-30-32-52-48-22-11-9-18-44(48)46-20-13-15-24-50(46)54(52)38-42)59-26-17-27-60(62(59)67)69(63)43-31-33-53-49-23-12-10-19-45(49)47-21-14-16-25-51(47)55(53)39-43/h9-39H,7-8H2,1-6H3. The maximum absolute atomic E-state index is 2.65. The summed E-state index contributed by atoms with van der Waals surface area (Å²) >= 11 is 2.00. The molecule has 0 fully saturated rings. The Kier molecular flexibility index (Phi) is 8.94. The normalized spacial score (nSPS) is 13.6. The molecule has 14 rings (SSSR count). The zero-order chi connectivity index (χ0) is 47.2. The predicted molar refractivity (Wildman–Crippen MR) is 308 cm³/mol. The highest BCUT2D eigenvalue weighted by Crippen LogP contribution is 2.50. The molecule has 0 radical (unpaired) electrons. The van der Waals surface area contributed by atoms with Crippen molar-refractivity contribution in [1.82, 2.24) is 0 Å². The van der Waals surface area contributed by atoms with Gasteiger partial charge in [0.25, 0.3) is 6.71 Å². The molecule has 0 spiro atoms. The second-order valence-corrected chi connectivity index (χ2v) is 22.3. The van der Waals surface area contributed by atoms with Gasteiger partial charge < -0.3 is 9.80 Å². The van der Waals surface area contributed by atoms with Crippen LogP contribution in [-0.4, -0.2) is 6.71 Å². The Morgan fingerprint density at radius 1 is 0.386 bits per heavy atom. The molecular formula is C66H53BN2S. The summed E-state index contributed by atoms with van der Waals surface area (Å²) < 4.78 is 2.74. The molecule has 11 aromatic carbocycles. The molecule has 4 heteroatoms. The van der Waals surface area contributed by atoms with Crippen molar-refractivity contribution in [2.24, 2.45) is 0 Å². The van der Waals surface area contributed by atoms with Gasteiger partial charge >= 0.3 is 0 Å². The molecule has 2 aliphatic heterocycles. The lowest BCUT2D eigenvalue weighted by atomic mass is 9.36. The first kappa shape index (κ1) is 41.6. The molecule has 2 nitrogen and oxygen atoms in total. The molecule has 0 saturated heterocycles. The molecule has 0 bridgehead atoms. The van der Waals surface area contributed by atoms with Crippen molar-refractivity contribution in [2.75, 3.05) is 9.80 Å². The van der Waals surface area contributed by atoms with E-state index in [0.717, 1.165) is 12.8 Å². The first-order valence-corrected chi connectivity index (χ1v) is 26.1. The van der Waals surface area contributed by atoms with Gasteiger partial charge in [-0.3, -0.25) is 0 Å². The van der Waals surface area contributed by atoms with Gasteiger partial charge in [-0.05, 0) is 165 Å². The lowest BCUT2D eigenvalue weighted by Crippen LogP contribution is -2.60. The number of fused-ring (bicyclic) bond motifs is 18. The molecule has 0 aliphatic carbocycles. The fourth-order valence-corrected chi connectivity index (χ4v) is 13.6. The van der Waals surface area contributed by atoms with Crippen LogP contribution >= 0.6 is 11.3 Å². The Labute approximate surface area is 414 Å². The summed E-state index contributed by atoms with van der Waals surface area (Å²) in [7, 11) is 0. The summed E-state index contributed by atoms with van der Waals surface area (Å²) in [6.45, 7) is 14.3. The van der Waals surface area contributed by atoms with Crippen LogP contribution in [0.4, 0.5) is 34.1 Å². The van der Waals surface area contributed by atoms with Crippen molar-refractivity contribution in [1.29, 1.82) is 0 Å². The minimum atomic E-state index is 0.00491. The van der Waals surface area contributed by atoms with E-state index in [9.17, 15) is 0 Å². The van der Waals surface area contributed by atoms with Crippen LogP contribution in [0.15, 0.2) is 188 Å². The molecule has 0 unspecified atom stereocenters. The number of nitrogens with zero attached hydrogens (tertiary/aromatic N) is 2. The zero-order valence-electron chi connectivity index (χ0n) is 40.7. The van der Waals surface area contributed by atoms with Crippen LogP contribution < -0.4 is 25.5 Å². The van der Waals surface area contributed by atoms with Crippen molar-refractivity contribution in [3.63, 3.8) is 0 Å². The topological polar surface area (TPSA) is 6.48 Å². The number of rotatable bonds is 6. The van der Waals surface area contributed by atoms with Gasteiger partial charge in [0.1, 0.15) is 0 Å². The Balaban J connectivity index is 1.09. The lowest BCUT2D eigenvalue weighted by molar-refractivity contribution is 0.506. The Morgan fingerprint density at radius 3 is 1.31 bits per heavy atom. The SMILES string of the molecule is CCC(C)(C)c1ccc2c(c1)B1c3sc4ccc(C(C)(C)CC)cc4c3N(c3ccc4c5ccccc5c5ccccc5c4c3)c3cccc(c31)N2c1ccc2c3ccccc3c3ccccc3c2c1. The average Bonchev–Trinajstić information content (AvgIpc) is 3.79. The van der Waals surface area contributed by atoms with Gasteiger partial charge in [-0.2, -0.15) is 0 Å². The van der Waals surface area contributed by atoms with Crippen LogP contribution in [0, 0.1) is 0 Å². The van der Waals surface area contributed by atoms with E-state index in [-0.39, 0.29) is 17.5 Å². The van der Waals surface area contributed by atoms with E-state index in [1.807, 2.05) is 11.3 Å². The molecule has 0 saturated carbocycles. The van der Waals surface area contributed by atoms with E-state index in [1.54, 1.807) is 0 Å². The summed E-state index contributed by atoms with van der Waals surface area (Å²) in [4.78, 5) is 5.24. The highest BCUT2D eigenvalue weighted by atomic mass is 32.1. The van der Waals surface area contributed by atoms with Gasteiger partial charge in [0, 0.05) is 43.3 Å². The highest BCUT2D eigenvalue weighted by Gasteiger charge is 2.46. The maximum Gasteiger partial charge on any atom is 0.264 e. The molecular weight excluding hydrogens is 864 g/mol. The van der Waals surface area contributed by atoms with E-state index in [2.05, 4.69) is 239 Å². The van der Waals surface area contributed by atoms with Crippen molar-refractivity contribution in [2.45, 2.75) is 65.2 Å². The third-order valence-electron chi connectivity index (χ3n) is 16.9. The molecule has 12 aromatic rings. The number of benzene rings is 11. The number of hydrogen-bond acceptors (Lipinski definition) is 3. The summed E-state index contributed by atoms with van der Waals surface area (Å²) in [5, 5.41) is 16.8. The third kappa shape index (κ3) is 5.80. The summed E-state index contributed by atoms with van der Waals surface area (Å²) in [5.41, 5.74) is 13.0. The van der Waals surface area contributed by atoms with Crippen LogP contribution in [0.2, 0.25) is 0 Å². The van der Waals surface area contributed by atoms with Crippen molar-refractivity contribution in [3.8, 4) is 0 Å². The van der Waals surface area contributed by atoms with E-state index < -0.39 is 0 Å². The number of hydrogen-bond donors (Lipinski definition) is 0. The van der Waals surface area contributed by atoms with Gasteiger partial charge in [-0.15, -0.1) is 11.3 Å². The van der Waals surface area contributed by atoms with Gasteiger partial charge in [0.15, 0.2) is 0 Å². The quantitative estimate of drug-likeness (QED) is 0.121. The fourth-order valence-electron chi connectivity index (χ4n) is 12.3. The third-order valence-corrected chi connectivity index (χ3v) is 18.1. The summed E-state index contributed by atoms with van der Waals surface area (Å²) in [6, 6.07) is 72.2. The summed E-state index contributed by atoms with van der Waals surface area (Å²) in [6.07, 6.45) is 2.12. The second-order valence-electron chi connectivity index (χ2n) is 21.2. The van der Waals surface area contributed by atoms with Crippen LogP contribution in [0.25, 0.3) is 74.7 Å². The Bertz CT molecular complexity index is 4130. The molecule has 336 valence electrons. The van der Waals surface area contributed by atoms with Crippen molar-refractivity contribution < 1.29 is 0 Å². The molecule has 0 N–H and O–H groups in total. The smallest absolute Gasteiger partial charge is 0.264 e. The van der Waals surface area contributed by atoms with Crippen LogP contribution in [0.3, 0.4) is 0 Å². The van der Waals surface area contributed by atoms with E-state index >= 15 is 0 Å². The fraction of sp³-hybridized carbons (Fsp3) is 0.152. The Morgan fingerprint density at radius 2 is 0.814 bits per heavy atom. The lowest BCUT2D eigenvalue weighted by Gasteiger charge is -2.43. The van der Waals surface area contributed by atoms with E-state index in [4.69, 9.17) is 0 Å². The molecule has 70 heavy (non-hydrogen) atoms. The predicted octanol–water partition coefficient (Wildman–Crippen LogP) is 17.3. The maximum atomic E-state index is 2.65. The number of anilines is 6.